The van der Waals surface area contributed by atoms with E-state index in [1.54, 1.807) is 16.7 Å². The molecule has 0 unspecified atom stereocenters. The Hall–Kier alpha value is -2.80. The summed E-state index contributed by atoms with van der Waals surface area (Å²) in [5, 5.41) is 9.75. The third kappa shape index (κ3) is 4.07. The topological polar surface area (TPSA) is 54.3 Å². The predicted octanol–water partition coefficient (Wildman–Crippen LogP) is 5.16. The van der Waals surface area contributed by atoms with Crippen LogP contribution in [0.4, 0.5) is 16.2 Å². The molecular weight excluding hydrogens is 394 g/mol. The second kappa shape index (κ2) is 9.34. The summed E-state index contributed by atoms with van der Waals surface area (Å²) in [5.74, 6) is 1.39. The number of nitrogens with zero attached hydrogens (tertiary/aromatic N) is 5. The molecule has 0 radical (unpaired) electrons. The number of hydrogen-bond acceptors (Lipinski definition) is 4. The zero-order valence-corrected chi connectivity index (χ0v) is 18.3. The van der Waals surface area contributed by atoms with Crippen LogP contribution in [0.2, 0.25) is 0 Å². The number of thioether (sulfide) groups is 1. The molecule has 4 rings (SSSR count). The monoisotopic (exact) mass is 421 g/mol. The van der Waals surface area contributed by atoms with Crippen molar-refractivity contribution in [3.8, 4) is 0 Å². The Bertz CT molecular complexity index is 928. The Morgan fingerprint density at radius 3 is 2.07 bits per heavy atom. The molecule has 3 aromatic rings. The number of benzene rings is 2. The minimum absolute atomic E-state index is 0.0209. The zero-order valence-electron chi connectivity index (χ0n) is 17.4. The number of hydrogen-bond donors (Lipinski definition) is 0. The van der Waals surface area contributed by atoms with Crippen LogP contribution in [0.3, 0.4) is 0 Å². The minimum atomic E-state index is 0.0209. The summed E-state index contributed by atoms with van der Waals surface area (Å²) in [7, 11) is 0. The molecule has 0 saturated carbocycles. The van der Waals surface area contributed by atoms with Gasteiger partial charge in [-0.2, -0.15) is 0 Å². The first kappa shape index (κ1) is 20.5. The van der Waals surface area contributed by atoms with Crippen LogP contribution in [-0.4, -0.2) is 45.0 Å². The fourth-order valence-electron chi connectivity index (χ4n) is 4.04. The average molecular weight is 422 g/mol. The van der Waals surface area contributed by atoms with Crippen molar-refractivity contribution in [2.24, 2.45) is 0 Å². The molecule has 0 bridgehead atoms. The highest BCUT2D eigenvalue weighted by Gasteiger charge is 2.31. The summed E-state index contributed by atoms with van der Waals surface area (Å²) in [5.41, 5.74) is 1.76. The maximum absolute atomic E-state index is 13.5. The van der Waals surface area contributed by atoms with Crippen molar-refractivity contribution < 1.29 is 4.79 Å². The highest BCUT2D eigenvalue weighted by atomic mass is 32.2. The highest BCUT2D eigenvalue weighted by Crippen LogP contribution is 2.32. The van der Waals surface area contributed by atoms with Gasteiger partial charge in [0, 0.05) is 25.6 Å². The lowest BCUT2D eigenvalue weighted by Crippen LogP contribution is -2.45. The van der Waals surface area contributed by atoms with E-state index < -0.39 is 0 Å². The summed E-state index contributed by atoms with van der Waals surface area (Å²) in [6, 6.07) is 19.7. The van der Waals surface area contributed by atoms with Crippen LogP contribution < -0.4 is 4.90 Å². The largest absolute Gasteiger partial charge is 0.329 e. The summed E-state index contributed by atoms with van der Waals surface area (Å²) in [6.07, 6.45) is 3.83. The van der Waals surface area contributed by atoms with E-state index >= 15 is 0 Å². The lowest BCUT2D eigenvalue weighted by Gasteiger charge is -2.35. The van der Waals surface area contributed by atoms with Crippen molar-refractivity contribution in [3.05, 3.63) is 66.5 Å². The number of carbonyl (C=O) groups is 1. The molecule has 0 N–H and O–H groups in total. The van der Waals surface area contributed by atoms with Gasteiger partial charge in [0.2, 0.25) is 0 Å². The van der Waals surface area contributed by atoms with Crippen LogP contribution in [0, 0.1) is 0 Å². The highest BCUT2D eigenvalue weighted by molar-refractivity contribution is 7.98. The molecule has 7 heteroatoms. The number of anilines is 2. The van der Waals surface area contributed by atoms with Crippen LogP contribution in [0.15, 0.2) is 65.8 Å². The van der Waals surface area contributed by atoms with Gasteiger partial charge in [0.15, 0.2) is 5.16 Å². The molecule has 1 saturated heterocycles. The van der Waals surface area contributed by atoms with Gasteiger partial charge in [-0.3, -0.25) is 4.90 Å². The maximum atomic E-state index is 13.5. The molecule has 0 aliphatic carbocycles. The normalized spacial score (nSPS) is 14.7. The molecule has 1 fully saturated rings. The number of piperidine rings is 1. The number of rotatable bonds is 5. The Balaban J connectivity index is 1.52. The van der Waals surface area contributed by atoms with E-state index in [0.29, 0.717) is 19.0 Å². The van der Waals surface area contributed by atoms with E-state index in [4.69, 9.17) is 0 Å². The first-order valence-electron chi connectivity index (χ1n) is 10.4. The van der Waals surface area contributed by atoms with Crippen LogP contribution in [0.5, 0.6) is 0 Å². The molecule has 1 aromatic heterocycles. The smallest absolute Gasteiger partial charge is 0.324 e. The molecule has 156 valence electrons. The summed E-state index contributed by atoms with van der Waals surface area (Å²) < 4.78 is 2.20. The number of likely N-dealkylation sites (tertiary alicyclic amines) is 1. The van der Waals surface area contributed by atoms with Crippen molar-refractivity contribution in [2.45, 2.75) is 37.4 Å². The second-order valence-electron chi connectivity index (χ2n) is 7.34. The summed E-state index contributed by atoms with van der Waals surface area (Å²) >= 11 is 1.63. The first-order chi connectivity index (χ1) is 14.7. The Morgan fingerprint density at radius 2 is 1.57 bits per heavy atom. The van der Waals surface area contributed by atoms with Crippen LogP contribution in [-0.2, 0) is 6.54 Å². The van der Waals surface area contributed by atoms with E-state index in [1.165, 1.54) is 0 Å². The van der Waals surface area contributed by atoms with E-state index in [9.17, 15) is 4.79 Å². The van der Waals surface area contributed by atoms with Crippen LogP contribution in [0.25, 0.3) is 0 Å². The van der Waals surface area contributed by atoms with Gasteiger partial charge in [-0.1, -0.05) is 48.2 Å². The Kier molecular flexibility index (Phi) is 6.38. The fraction of sp³-hybridized carbons (Fsp3) is 0.348. The Labute approximate surface area is 181 Å². The SMILES string of the molecule is CCn1c(SC)nnc1C1CCN(C(=O)N(c2ccccc2)c2ccccc2)CC1. The zero-order chi connectivity index (χ0) is 20.9. The van der Waals surface area contributed by atoms with Gasteiger partial charge in [-0.05, 0) is 50.3 Å². The second-order valence-corrected chi connectivity index (χ2v) is 8.11. The molecule has 2 aromatic carbocycles. The summed E-state index contributed by atoms with van der Waals surface area (Å²) in [4.78, 5) is 17.3. The van der Waals surface area contributed by atoms with Crippen molar-refractivity contribution in [1.29, 1.82) is 0 Å². The van der Waals surface area contributed by atoms with Crippen molar-refractivity contribution >= 4 is 29.2 Å². The molecule has 1 aliphatic heterocycles. The third-order valence-corrected chi connectivity index (χ3v) is 6.26. The minimum Gasteiger partial charge on any atom is -0.324 e. The summed E-state index contributed by atoms with van der Waals surface area (Å²) in [6.45, 7) is 4.42. The molecule has 2 heterocycles. The quantitative estimate of drug-likeness (QED) is 0.534. The van der Waals surface area contributed by atoms with Gasteiger partial charge < -0.3 is 9.47 Å². The standard InChI is InChI=1S/C23H27N5OS/c1-3-27-21(24-25-22(27)30-2)18-14-16-26(17-15-18)23(29)28(19-10-6-4-7-11-19)20-12-8-5-9-13-20/h4-13,18H,3,14-17H2,1-2H3. The van der Waals surface area contributed by atoms with Gasteiger partial charge in [0.1, 0.15) is 5.82 Å². The number of urea groups is 1. The number of carbonyl (C=O) groups excluding carboxylic acids is 1. The molecule has 0 spiro atoms. The van der Waals surface area contributed by atoms with Gasteiger partial charge >= 0.3 is 6.03 Å². The van der Waals surface area contributed by atoms with E-state index in [-0.39, 0.29) is 6.03 Å². The van der Waals surface area contributed by atoms with Gasteiger partial charge in [-0.15, -0.1) is 10.2 Å². The van der Waals surface area contributed by atoms with E-state index in [2.05, 4.69) is 21.7 Å². The molecule has 0 atom stereocenters. The molecule has 30 heavy (non-hydrogen) atoms. The molecule has 2 amide bonds. The lowest BCUT2D eigenvalue weighted by atomic mass is 9.96. The number of aromatic nitrogens is 3. The first-order valence-corrected chi connectivity index (χ1v) is 11.6. The average Bonchev–Trinajstić information content (AvgIpc) is 3.24. The van der Waals surface area contributed by atoms with Crippen molar-refractivity contribution in [3.63, 3.8) is 0 Å². The number of amides is 2. The molecule has 1 aliphatic rings. The lowest BCUT2D eigenvalue weighted by molar-refractivity contribution is 0.188. The maximum Gasteiger partial charge on any atom is 0.329 e. The predicted molar refractivity (Wildman–Crippen MR) is 121 cm³/mol. The fourth-order valence-corrected chi connectivity index (χ4v) is 4.61. The van der Waals surface area contributed by atoms with Gasteiger partial charge in [0.05, 0.1) is 11.4 Å². The van der Waals surface area contributed by atoms with Crippen LogP contribution >= 0.6 is 11.8 Å². The Morgan fingerprint density at radius 1 is 1.00 bits per heavy atom. The molecule has 6 nitrogen and oxygen atoms in total. The van der Waals surface area contributed by atoms with Crippen LogP contribution in [0.1, 0.15) is 31.5 Å². The van der Waals surface area contributed by atoms with E-state index in [1.807, 2.05) is 71.8 Å². The van der Waals surface area contributed by atoms with Crippen molar-refractivity contribution in [1.82, 2.24) is 19.7 Å². The van der Waals surface area contributed by atoms with E-state index in [0.717, 1.165) is 41.7 Å². The van der Waals surface area contributed by atoms with Crippen molar-refractivity contribution in [2.75, 3.05) is 24.2 Å². The third-order valence-electron chi connectivity index (χ3n) is 5.59. The van der Waals surface area contributed by atoms with Gasteiger partial charge in [-0.25, -0.2) is 4.79 Å². The van der Waals surface area contributed by atoms with Gasteiger partial charge in [0.25, 0.3) is 0 Å². The number of para-hydroxylation sites is 2. The molecular formula is C23H27N5OS.